The summed E-state index contributed by atoms with van der Waals surface area (Å²) < 4.78 is 27.5. The van der Waals surface area contributed by atoms with Gasteiger partial charge < -0.3 is 14.4 Å². The molecule has 2 heterocycles. The normalized spacial score (nSPS) is 27.7. The van der Waals surface area contributed by atoms with Crippen molar-refractivity contribution in [3.8, 4) is 11.3 Å². The number of aromatic nitrogens is 2. The zero-order valence-corrected chi connectivity index (χ0v) is 21.1. The maximum Gasteiger partial charge on any atom is 0.150 e. The molecule has 0 saturated heterocycles. The van der Waals surface area contributed by atoms with Gasteiger partial charge in [-0.05, 0) is 75.0 Å². The Bertz CT molecular complexity index is 1430. The van der Waals surface area contributed by atoms with Crippen LogP contribution in [-0.2, 0) is 16.9 Å². The molecule has 0 spiro atoms. The van der Waals surface area contributed by atoms with Crippen LogP contribution in [0.25, 0.3) is 21.5 Å². The fourth-order valence-corrected chi connectivity index (χ4v) is 7.68. The van der Waals surface area contributed by atoms with Crippen LogP contribution < -0.4 is 0 Å². The molecule has 3 aliphatic carbocycles. The van der Waals surface area contributed by atoms with E-state index in [2.05, 4.69) is 29.2 Å². The lowest BCUT2D eigenvalue weighted by Gasteiger charge is -2.41. The van der Waals surface area contributed by atoms with Gasteiger partial charge in [-0.15, -0.1) is 11.3 Å². The molecule has 2 unspecified atom stereocenters. The number of benzene rings is 2. The van der Waals surface area contributed by atoms with Gasteiger partial charge in [-0.25, -0.2) is 9.37 Å². The summed E-state index contributed by atoms with van der Waals surface area (Å²) in [5.41, 5.74) is 3.59. The topological polar surface area (TPSA) is 68.4 Å². The van der Waals surface area contributed by atoms with Gasteiger partial charge in [0, 0.05) is 17.0 Å². The SMILES string of the molecule is Cc1ccccc1-c1noc(C2CC2)c1COC1C[C@H]2CC[C@@H](C1)C2(O)c1nc2c(F)cccc2s1. The number of nitrogens with zero attached hydrogens (tertiary/aromatic N) is 2. The number of thiazole rings is 1. The van der Waals surface area contributed by atoms with E-state index in [1.54, 1.807) is 6.07 Å². The number of hydrogen-bond donors (Lipinski definition) is 1. The molecule has 1 N–H and O–H groups in total. The fourth-order valence-electron chi connectivity index (χ4n) is 6.45. The number of rotatable bonds is 6. The zero-order valence-electron chi connectivity index (χ0n) is 20.2. The average molecular weight is 505 g/mol. The molecule has 4 atom stereocenters. The van der Waals surface area contributed by atoms with Crippen LogP contribution >= 0.6 is 11.3 Å². The first-order valence-corrected chi connectivity index (χ1v) is 13.8. The molecular weight excluding hydrogens is 475 g/mol. The number of aliphatic hydroxyl groups is 1. The van der Waals surface area contributed by atoms with Crippen molar-refractivity contribution < 1.29 is 18.8 Å². The van der Waals surface area contributed by atoms with Crippen molar-refractivity contribution >= 4 is 21.6 Å². The molecule has 3 aliphatic rings. The molecule has 3 fully saturated rings. The third-order valence-electron chi connectivity index (χ3n) is 8.55. The van der Waals surface area contributed by atoms with Crippen molar-refractivity contribution in [2.24, 2.45) is 11.8 Å². The summed E-state index contributed by atoms with van der Waals surface area (Å²) in [5.74, 6) is 1.21. The van der Waals surface area contributed by atoms with Crippen molar-refractivity contribution in [3.63, 3.8) is 0 Å². The Balaban J connectivity index is 1.13. The van der Waals surface area contributed by atoms with Gasteiger partial charge in [-0.2, -0.15) is 0 Å². The first kappa shape index (κ1) is 22.6. The van der Waals surface area contributed by atoms with Gasteiger partial charge in [-0.1, -0.05) is 35.5 Å². The van der Waals surface area contributed by atoms with Gasteiger partial charge in [-0.3, -0.25) is 0 Å². The van der Waals surface area contributed by atoms with E-state index in [0.29, 0.717) is 23.0 Å². The minimum Gasteiger partial charge on any atom is -0.382 e. The van der Waals surface area contributed by atoms with Crippen LogP contribution in [0.15, 0.2) is 47.0 Å². The lowest BCUT2D eigenvalue weighted by Crippen LogP contribution is -2.44. The van der Waals surface area contributed by atoms with E-state index in [0.717, 1.165) is 65.8 Å². The van der Waals surface area contributed by atoms with Crippen molar-refractivity contribution in [1.29, 1.82) is 0 Å². The molecule has 4 aromatic rings. The third-order valence-corrected chi connectivity index (χ3v) is 9.71. The maximum absolute atomic E-state index is 14.3. The average Bonchev–Trinajstić information content (AvgIpc) is 3.44. The molecule has 7 rings (SSSR count). The van der Waals surface area contributed by atoms with E-state index in [9.17, 15) is 9.50 Å². The van der Waals surface area contributed by atoms with Crippen molar-refractivity contribution in [2.45, 2.75) is 69.7 Å². The number of ether oxygens (including phenoxy) is 1. The summed E-state index contributed by atoms with van der Waals surface area (Å²) in [6, 6.07) is 13.3. The zero-order chi connectivity index (χ0) is 24.4. The van der Waals surface area contributed by atoms with Crippen LogP contribution in [-0.4, -0.2) is 21.4 Å². The van der Waals surface area contributed by atoms with Crippen molar-refractivity contribution in [2.75, 3.05) is 0 Å². The molecular formula is C29H29FN2O3S. The highest BCUT2D eigenvalue weighted by molar-refractivity contribution is 7.18. The third kappa shape index (κ3) is 3.55. The highest BCUT2D eigenvalue weighted by Gasteiger charge is 2.56. The molecule has 7 heteroatoms. The molecule has 0 radical (unpaired) electrons. The molecule has 2 aromatic carbocycles. The molecule has 36 heavy (non-hydrogen) atoms. The van der Waals surface area contributed by atoms with Gasteiger partial charge in [0.25, 0.3) is 0 Å². The Morgan fingerprint density at radius 1 is 1.08 bits per heavy atom. The molecule has 2 aromatic heterocycles. The summed E-state index contributed by atoms with van der Waals surface area (Å²) >= 11 is 1.43. The Kier molecular flexibility index (Phi) is 5.31. The second-order valence-corrected chi connectivity index (χ2v) is 11.8. The molecule has 5 nitrogen and oxygen atoms in total. The predicted octanol–water partition coefficient (Wildman–Crippen LogP) is 6.87. The predicted molar refractivity (Wildman–Crippen MR) is 136 cm³/mol. The highest BCUT2D eigenvalue weighted by atomic mass is 32.1. The van der Waals surface area contributed by atoms with Gasteiger partial charge >= 0.3 is 0 Å². The van der Waals surface area contributed by atoms with Crippen molar-refractivity contribution in [3.05, 3.63) is 70.2 Å². The smallest absolute Gasteiger partial charge is 0.150 e. The Morgan fingerprint density at radius 2 is 1.86 bits per heavy atom. The van der Waals surface area contributed by atoms with E-state index in [4.69, 9.17) is 9.26 Å². The first-order chi connectivity index (χ1) is 17.5. The van der Waals surface area contributed by atoms with Gasteiger partial charge in [0.05, 0.1) is 17.4 Å². The monoisotopic (exact) mass is 504 g/mol. The minimum absolute atomic E-state index is 0.0561. The summed E-state index contributed by atoms with van der Waals surface area (Å²) in [7, 11) is 0. The first-order valence-electron chi connectivity index (χ1n) is 13.0. The van der Waals surface area contributed by atoms with Crippen LogP contribution in [0.5, 0.6) is 0 Å². The molecule has 0 aliphatic heterocycles. The van der Waals surface area contributed by atoms with E-state index in [1.165, 1.54) is 23.0 Å². The summed E-state index contributed by atoms with van der Waals surface area (Å²) in [6.07, 6.45) is 5.76. The van der Waals surface area contributed by atoms with Gasteiger partial charge in [0.15, 0.2) is 0 Å². The number of halogens is 1. The Labute approximate surface area is 213 Å². The minimum atomic E-state index is -1.00. The van der Waals surface area contributed by atoms with Crippen LogP contribution in [0.2, 0.25) is 0 Å². The fraction of sp³-hybridized carbons (Fsp3) is 0.448. The maximum atomic E-state index is 14.3. The van der Waals surface area contributed by atoms with E-state index in [-0.39, 0.29) is 23.8 Å². The molecule has 186 valence electrons. The number of aryl methyl sites for hydroxylation is 1. The number of fused-ring (bicyclic) bond motifs is 3. The largest absolute Gasteiger partial charge is 0.382 e. The summed E-state index contributed by atoms with van der Waals surface area (Å²) in [4.78, 5) is 4.58. The Morgan fingerprint density at radius 3 is 2.58 bits per heavy atom. The van der Waals surface area contributed by atoms with Crippen LogP contribution in [0.1, 0.15) is 66.3 Å². The summed E-state index contributed by atoms with van der Waals surface area (Å²) in [6.45, 7) is 2.56. The van der Waals surface area contributed by atoms with Gasteiger partial charge in [0.1, 0.15) is 33.4 Å². The molecule has 0 amide bonds. The second kappa shape index (κ2) is 8.47. The van der Waals surface area contributed by atoms with Gasteiger partial charge in [0.2, 0.25) is 0 Å². The second-order valence-electron chi connectivity index (χ2n) is 10.8. The Hall–Kier alpha value is -2.61. The molecule has 2 bridgehead atoms. The van der Waals surface area contributed by atoms with Crippen molar-refractivity contribution in [1.82, 2.24) is 10.1 Å². The quantitative estimate of drug-likeness (QED) is 0.310. The van der Waals surface area contributed by atoms with Crippen LogP contribution in [0, 0.1) is 24.6 Å². The van der Waals surface area contributed by atoms with E-state index >= 15 is 0 Å². The lowest BCUT2D eigenvalue weighted by atomic mass is 9.73. The summed E-state index contributed by atoms with van der Waals surface area (Å²) in [5, 5.41) is 17.0. The highest BCUT2D eigenvalue weighted by Crippen LogP contribution is 2.57. The number of para-hydroxylation sites is 1. The van der Waals surface area contributed by atoms with E-state index in [1.807, 2.05) is 18.2 Å². The standard InChI is InChI=1S/C29H29FN2O3S/c1-16-5-2-3-6-21(16)25-22(27(35-32-25)17-9-10-17)15-34-20-13-18-11-12-19(14-20)29(18,33)28-31-26-23(30)7-4-8-24(26)36-28/h2-8,17-20,33H,9-15H2,1H3/t18-,19+,20?,29?. The molecule has 3 saturated carbocycles. The van der Waals surface area contributed by atoms with Crippen LogP contribution in [0.3, 0.4) is 0 Å². The lowest BCUT2D eigenvalue weighted by molar-refractivity contribution is -0.116. The number of hydrogen-bond acceptors (Lipinski definition) is 6. The van der Waals surface area contributed by atoms with Crippen LogP contribution in [0.4, 0.5) is 4.39 Å². The van der Waals surface area contributed by atoms with E-state index < -0.39 is 5.60 Å².